The van der Waals surface area contributed by atoms with Crippen molar-refractivity contribution in [2.75, 3.05) is 19.4 Å². The summed E-state index contributed by atoms with van der Waals surface area (Å²) >= 11 is 3.03. The number of hydrogen-bond donors (Lipinski definition) is 1. The number of phenols is 1. The average molecular weight is 302 g/mol. The van der Waals surface area contributed by atoms with Crippen LogP contribution >= 0.6 is 15.9 Å². The van der Waals surface area contributed by atoms with Crippen molar-refractivity contribution < 1.29 is 19.4 Å². The molecular weight excluding hydrogens is 290 g/mol. The molecule has 0 aromatic heterocycles. The molecule has 1 N–H and O–H groups in total. The van der Waals surface area contributed by atoms with Crippen molar-refractivity contribution in [3.05, 3.63) is 23.8 Å². The summed E-state index contributed by atoms with van der Waals surface area (Å²) in [5, 5.41) is 9.55. The lowest BCUT2D eigenvalue weighted by Crippen LogP contribution is -2.25. The smallest absolute Gasteiger partial charge is 0.414 e. The number of ether oxygens (including phenoxy) is 1. The molecule has 0 aliphatic carbocycles. The fourth-order valence-electron chi connectivity index (χ4n) is 1.07. The summed E-state index contributed by atoms with van der Waals surface area (Å²) < 4.78 is 4.95. The quantitative estimate of drug-likeness (QED) is 0.685. The molecule has 6 heteroatoms. The molecule has 0 bridgehead atoms. The number of hydrogen-bond acceptors (Lipinski definition) is 4. The number of rotatable bonds is 3. The normalized spacial score (nSPS) is 9.82. The molecule has 5 nitrogen and oxygen atoms in total. The van der Waals surface area contributed by atoms with Gasteiger partial charge < -0.3 is 14.7 Å². The third-order valence-corrected chi connectivity index (χ3v) is 2.41. The van der Waals surface area contributed by atoms with Gasteiger partial charge in [0.05, 0.1) is 5.33 Å². The van der Waals surface area contributed by atoms with E-state index < -0.39 is 6.09 Å². The first-order chi connectivity index (χ1) is 7.93. The first-order valence-corrected chi connectivity index (χ1v) is 5.88. The van der Waals surface area contributed by atoms with Crippen LogP contribution in [0.4, 0.5) is 4.79 Å². The molecule has 0 aliphatic rings. The Kier molecular flexibility index (Phi) is 4.51. The fourth-order valence-corrected chi connectivity index (χ4v) is 1.40. The Balaban J connectivity index is 2.97. The summed E-state index contributed by atoms with van der Waals surface area (Å²) in [5.74, 6) is -0.200. The van der Waals surface area contributed by atoms with Gasteiger partial charge in [0.25, 0.3) is 0 Å². The third kappa shape index (κ3) is 3.74. The Hall–Kier alpha value is -1.56. The number of carbonyl (C=O) groups is 2. The van der Waals surface area contributed by atoms with Crippen LogP contribution in [0, 0.1) is 0 Å². The molecule has 1 rings (SSSR count). The number of carbonyl (C=O) groups excluding carboxylic acids is 2. The van der Waals surface area contributed by atoms with Crippen LogP contribution in [0.15, 0.2) is 18.2 Å². The van der Waals surface area contributed by atoms with Gasteiger partial charge >= 0.3 is 6.09 Å². The minimum Gasteiger partial charge on any atom is -0.508 e. The molecule has 0 saturated carbocycles. The fraction of sp³-hybridized carbons (Fsp3) is 0.273. The number of Topliss-reactive ketones (excluding diaryl/α,β-unsaturated/α-hetero) is 1. The monoisotopic (exact) mass is 301 g/mol. The molecule has 0 heterocycles. The second-order valence-corrected chi connectivity index (χ2v) is 4.10. The van der Waals surface area contributed by atoms with Gasteiger partial charge in [0.15, 0.2) is 5.78 Å². The van der Waals surface area contributed by atoms with Crippen LogP contribution in [0.25, 0.3) is 0 Å². The maximum atomic E-state index is 11.4. The molecule has 1 amide bonds. The van der Waals surface area contributed by atoms with E-state index in [2.05, 4.69) is 15.9 Å². The molecule has 92 valence electrons. The number of alkyl halides is 1. The van der Waals surface area contributed by atoms with Crippen LogP contribution in [0.3, 0.4) is 0 Å². The Bertz CT molecular complexity index is 445. The molecule has 0 fully saturated rings. The van der Waals surface area contributed by atoms with E-state index in [0.717, 1.165) is 0 Å². The Morgan fingerprint density at radius 1 is 1.35 bits per heavy atom. The molecule has 1 aromatic carbocycles. The minimum absolute atomic E-state index is 0.127. The number of aromatic hydroxyl groups is 1. The van der Waals surface area contributed by atoms with E-state index in [1.54, 1.807) is 0 Å². The number of benzene rings is 1. The Morgan fingerprint density at radius 3 is 2.53 bits per heavy atom. The zero-order valence-corrected chi connectivity index (χ0v) is 11.0. The van der Waals surface area contributed by atoms with Gasteiger partial charge in [0.1, 0.15) is 11.5 Å². The summed E-state index contributed by atoms with van der Waals surface area (Å²) in [6.45, 7) is 0. The first-order valence-electron chi connectivity index (χ1n) is 4.76. The topological polar surface area (TPSA) is 66.8 Å². The Morgan fingerprint density at radius 2 is 2.00 bits per heavy atom. The predicted molar refractivity (Wildman–Crippen MR) is 65.9 cm³/mol. The molecule has 0 unspecified atom stereocenters. The van der Waals surface area contributed by atoms with E-state index >= 15 is 0 Å². The van der Waals surface area contributed by atoms with E-state index in [4.69, 9.17) is 4.74 Å². The highest BCUT2D eigenvalue weighted by atomic mass is 79.9. The summed E-state index contributed by atoms with van der Waals surface area (Å²) in [4.78, 5) is 24.0. The van der Waals surface area contributed by atoms with Gasteiger partial charge in [-0.2, -0.15) is 0 Å². The van der Waals surface area contributed by atoms with Crippen LogP contribution < -0.4 is 4.74 Å². The largest absolute Gasteiger partial charge is 0.508 e. The zero-order valence-electron chi connectivity index (χ0n) is 9.44. The lowest BCUT2D eigenvalue weighted by molar-refractivity contribution is 0.102. The summed E-state index contributed by atoms with van der Waals surface area (Å²) in [5.41, 5.74) is 0.281. The van der Waals surface area contributed by atoms with E-state index in [1.165, 1.54) is 37.2 Å². The highest BCUT2D eigenvalue weighted by Crippen LogP contribution is 2.23. The molecule has 17 heavy (non-hydrogen) atoms. The zero-order chi connectivity index (χ0) is 13.0. The van der Waals surface area contributed by atoms with Crippen molar-refractivity contribution in [2.45, 2.75) is 0 Å². The summed E-state index contributed by atoms with van der Waals surface area (Å²) in [7, 11) is 3.07. The number of ketones is 1. The van der Waals surface area contributed by atoms with E-state index in [0.29, 0.717) is 0 Å². The maximum Gasteiger partial charge on any atom is 0.414 e. The molecule has 0 saturated heterocycles. The molecule has 0 radical (unpaired) electrons. The van der Waals surface area contributed by atoms with Crippen molar-refractivity contribution in [3.8, 4) is 11.5 Å². The van der Waals surface area contributed by atoms with Crippen molar-refractivity contribution in [2.24, 2.45) is 0 Å². The second kappa shape index (κ2) is 5.67. The van der Waals surface area contributed by atoms with Crippen LogP contribution in [-0.4, -0.2) is 41.3 Å². The van der Waals surface area contributed by atoms with Gasteiger partial charge in [-0.15, -0.1) is 0 Å². The van der Waals surface area contributed by atoms with Gasteiger partial charge in [0.2, 0.25) is 0 Å². The van der Waals surface area contributed by atoms with Crippen LogP contribution in [0.1, 0.15) is 10.4 Å². The lowest BCUT2D eigenvalue weighted by atomic mass is 10.1. The van der Waals surface area contributed by atoms with Crippen LogP contribution in [-0.2, 0) is 0 Å². The van der Waals surface area contributed by atoms with Crippen molar-refractivity contribution in [1.82, 2.24) is 4.90 Å². The number of amides is 1. The van der Waals surface area contributed by atoms with Crippen LogP contribution in [0.2, 0.25) is 0 Å². The van der Waals surface area contributed by atoms with Crippen molar-refractivity contribution in [1.29, 1.82) is 0 Å². The lowest BCUT2D eigenvalue weighted by Gasteiger charge is -2.11. The van der Waals surface area contributed by atoms with Gasteiger partial charge in [0, 0.05) is 25.7 Å². The molecule has 0 atom stereocenters. The molecule has 1 aromatic rings. The standard InChI is InChI=1S/C11H12BrNO4/c1-13(2)11(16)17-9-4-7(10(15)6-12)3-8(14)5-9/h3-5,14H,6H2,1-2H3. The van der Waals surface area contributed by atoms with Gasteiger partial charge in [-0.05, 0) is 12.1 Å². The van der Waals surface area contributed by atoms with Crippen molar-refractivity contribution in [3.63, 3.8) is 0 Å². The van der Waals surface area contributed by atoms with E-state index in [1.807, 2.05) is 0 Å². The predicted octanol–water partition coefficient (Wildman–Crippen LogP) is 2.03. The number of nitrogens with zero attached hydrogens (tertiary/aromatic N) is 1. The van der Waals surface area contributed by atoms with Gasteiger partial charge in [-0.3, -0.25) is 4.79 Å². The molecule has 0 aliphatic heterocycles. The van der Waals surface area contributed by atoms with Gasteiger partial charge in [-0.25, -0.2) is 4.79 Å². The molecular formula is C11H12BrNO4. The highest BCUT2D eigenvalue weighted by molar-refractivity contribution is 9.09. The SMILES string of the molecule is CN(C)C(=O)Oc1cc(O)cc(C(=O)CBr)c1. The van der Waals surface area contributed by atoms with Gasteiger partial charge in [-0.1, -0.05) is 15.9 Å². The third-order valence-electron chi connectivity index (χ3n) is 1.90. The van der Waals surface area contributed by atoms with E-state index in [9.17, 15) is 14.7 Å². The van der Waals surface area contributed by atoms with Crippen LogP contribution in [0.5, 0.6) is 11.5 Å². The first kappa shape index (κ1) is 13.5. The maximum absolute atomic E-state index is 11.4. The number of halogens is 1. The minimum atomic E-state index is -0.576. The highest BCUT2D eigenvalue weighted by Gasteiger charge is 2.11. The second-order valence-electron chi connectivity index (χ2n) is 3.53. The van der Waals surface area contributed by atoms with Crippen molar-refractivity contribution >= 4 is 27.8 Å². The van der Waals surface area contributed by atoms with E-state index in [-0.39, 0.29) is 28.2 Å². The summed E-state index contributed by atoms with van der Waals surface area (Å²) in [6.07, 6.45) is -0.576. The Labute approximate surface area is 107 Å². The summed E-state index contributed by atoms with van der Waals surface area (Å²) in [6, 6.07) is 3.99. The molecule has 0 spiro atoms. The number of phenolic OH excluding ortho intramolecular Hbond substituents is 1. The average Bonchev–Trinajstić information content (AvgIpc) is 2.26.